The van der Waals surface area contributed by atoms with Gasteiger partial charge in [-0.05, 0) is 50.3 Å². The number of fused-ring (bicyclic) bond motifs is 1. The standard InChI is InChI=1S/C20H26N2O3/c1-5-25-20(24)14(2)16-12-15-8-6-7-9-17(15)18(13-16)19(23)21-10-11-22(3)4/h6-9,12-14H,5,10-11H2,1-4H3,(H,21,23). The van der Waals surface area contributed by atoms with Gasteiger partial charge in [-0.2, -0.15) is 0 Å². The highest BCUT2D eigenvalue weighted by molar-refractivity contribution is 6.07. The molecule has 1 atom stereocenters. The van der Waals surface area contributed by atoms with E-state index in [0.29, 0.717) is 18.7 Å². The van der Waals surface area contributed by atoms with E-state index >= 15 is 0 Å². The first kappa shape index (κ1) is 18.9. The Morgan fingerprint density at radius 1 is 1.20 bits per heavy atom. The van der Waals surface area contributed by atoms with E-state index in [1.54, 1.807) is 19.9 Å². The van der Waals surface area contributed by atoms with Crippen LogP contribution in [0.25, 0.3) is 10.8 Å². The molecule has 0 aliphatic heterocycles. The lowest BCUT2D eigenvalue weighted by Gasteiger charge is -2.15. The normalized spacial score (nSPS) is 12.2. The van der Waals surface area contributed by atoms with Gasteiger partial charge in [0, 0.05) is 18.7 Å². The average Bonchev–Trinajstić information content (AvgIpc) is 2.59. The molecule has 0 spiro atoms. The maximum Gasteiger partial charge on any atom is 0.313 e. The van der Waals surface area contributed by atoms with Crippen LogP contribution in [0.5, 0.6) is 0 Å². The van der Waals surface area contributed by atoms with Gasteiger partial charge < -0.3 is 15.0 Å². The Balaban J connectivity index is 2.36. The molecule has 2 aromatic carbocycles. The SMILES string of the molecule is CCOC(=O)C(C)c1cc(C(=O)NCCN(C)C)c2ccccc2c1. The number of carbonyl (C=O) groups excluding carboxylic acids is 2. The van der Waals surface area contributed by atoms with Crippen LogP contribution in [0.2, 0.25) is 0 Å². The van der Waals surface area contributed by atoms with Crippen molar-refractivity contribution in [2.45, 2.75) is 19.8 Å². The highest BCUT2D eigenvalue weighted by Gasteiger charge is 2.20. The molecule has 5 nitrogen and oxygen atoms in total. The van der Waals surface area contributed by atoms with Gasteiger partial charge >= 0.3 is 5.97 Å². The van der Waals surface area contributed by atoms with Gasteiger partial charge in [0.2, 0.25) is 0 Å². The van der Waals surface area contributed by atoms with Crippen molar-refractivity contribution in [3.8, 4) is 0 Å². The summed E-state index contributed by atoms with van der Waals surface area (Å²) in [6, 6.07) is 11.5. The fraction of sp³-hybridized carbons (Fsp3) is 0.400. The van der Waals surface area contributed by atoms with Gasteiger partial charge in [0.1, 0.15) is 0 Å². The number of nitrogens with zero attached hydrogens (tertiary/aromatic N) is 1. The Kier molecular flexibility index (Phi) is 6.53. The van der Waals surface area contributed by atoms with Crippen LogP contribution in [0.15, 0.2) is 36.4 Å². The number of benzene rings is 2. The second-order valence-electron chi connectivity index (χ2n) is 6.32. The van der Waals surface area contributed by atoms with Gasteiger partial charge in [0.25, 0.3) is 5.91 Å². The van der Waals surface area contributed by atoms with Crippen LogP contribution in [-0.2, 0) is 9.53 Å². The molecule has 25 heavy (non-hydrogen) atoms. The first-order valence-electron chi connectivity index (χ1n) is 8.56. The Bertz CT molecular complexity index is 756. The highest BCUT2D eigenvalue weighted by Crippen LogP contribution is 2.26. The van der Waals surface area contributed by atoms with Crippen LogP contribution in [0.3, 0.4) is 0 Å². The van der Waals surface area contributed by atoms with Gasteiger partial charge in [-0.15, -0.1) is 0 Å². The van der Waals surface area contributed by atoms with Crippen LogP contribution in [0.4, 0.5) is 0 Å². The Morgan fingerprint density at radius 2 is 1.92 bits per heavy atom. The lowest BCUT2D eigenvalue weighted by Crippen LogP contribution is -2.31. The van der Waals surface area contributed by atoms with Crippen LogP contribution in [0.1, 0.15) is 35.7 Å². The minimum absolute atomic E-state index is 0.129. The van der Waals surface area contributed by atoms with E-state index in [2.05, 4.69) is 5.32 Å². The van der Waals surface area contributed by atoms with E-state index in [0.717, 1.165) is 22.9 Å². The number of rotatable bonds is 7. The summed E-state index contributed by atoms with van der Waals surface area (Å²) in [5, 5.41) is 4.76. The zero-order valence-corrected chi connectivity index (χ0v) is 15.3. The van der Waals surface area contributed by atoms with E-state index in [4.69, 9.17) is 4.74 Å². The molecule has 0 aliphatic carbocycles. The molecular weight excluding hydrogens is 316 g/mol. The van der Waals surface area contributed by atoms with Crippen LogP contribution in [0, 0.1) is 0 Å². The topological polar surface area (TPSA) is 58.6 Å². The van der Waals surface area contributed by atoms with Crippen molar-refractivity contribution in [3.63, 3.8) is 0 Å². The zero-order valence-electron chi connectivity index (χ0n) is 15.3. The van der Waals surface area contributed by atoms with Crippen molar-refractivity contribution >= 4 is 22.6 Å². The lowest BCUT2D eigenvalue weighted by atomic mass is 9.94. The molecule has 1 amide bonds. The molecule has 0 fully saturated rings. The van der Waals surface area contributed by atoms with Gasteiger partial charge in [0.05, 0.1) is 12.5 Å². The quantitative estimate of drug-likeness (QED) is 0.786. The van der Waals surface area contributed by atoms with Crippen molar-refractivity contribution < 1.29 is 14.3 Å². The Labute approximate surface area is 149 Å². The Morgan fingerprint density at radius 3 is 2.60 bits per heavy atom. The predicted octanol–water partition coefficient (Wildman–Crippen LogP) is 2.80. The maximum atomic E-state index is 12.7. The minimum atomic E-state index is -0.419. The number of likely N-dealkylation sites (N-methyl/N-ethyl adjacent to an activating group) is 1. The number of esters is 1. The van der Waals surface area contributed by atoms with Gasteiger partial charge in [-0.25, -0.2) is 0 Å². The summed E-state index contributed by atoms with van der Waals surface area (Å²) < 4.78 is 5.12. The molecule has 0 aliphatic rings. The summed E-state index contributed by atoms with van der Waals surface area (Å²) in [7, 11) is 3.92. The predicted molar refractivity (Wildman–Crippen MR) is 99.9 cm³/mol. The molecule has 1 unspecified atom stereocenters. The van der Waals surface area contributed by atoms with Crippen LogP contribution in [-0.4, -0.2) is 50.6 Å². The van der Waals surface area contributed by atoms with Crippen molar-refractivity contribution in [3.05, 3.63) is 47.5 Å². The minimum Gasteiger partial charge on any atom is -0.466 e. The molecule has 134 valence electrons. The number of amides is 1. The summed E-state index contributed by atoms with van der Waals surface area (Å²) in [4.78, 5) is 26.8. The van der Waals surface area contributed by atoms with Crippen molar-refractivity contribution in [2.75, 3.05) is 33.8 Å². The van der Waals surface area contributed by atoms with Crippen molar-refractivity contribution in [1.29, 1.82) is 0 Å². The first-order chi connectivity index (χ1) is 11.9. The van der Waals surface area contributed by atoms with Crippen molar-refractivity contribution in [1.82, 2.24) is 10.2 Å². The number of carbonyl (C=O) groups is 2. The lowest BCUT2D eigenvalue weighted by molar-refractivity contribution is -0.144. The number of ether oxygens (including phenoxy) is 1. The number of nitrogens with one attached hydrogen (secondary N) is 1. The molecular formula is C20H26N2O3. The smallest absolute Gasteiger partial charge is 0.313 e. The second-order valence-corrected chi connectivity index (χ2v) is 6.32. The van der Waals surface area contributed by atoms with Crippen molar-refractivity contribution in [2.24, 2.45) is 0 Å². The summed E-state index contributed by atoms with van der Waals surface area (Å²) in [6.45, 7) is 5.26. The van der Waals surface area contributed by atoms with Gasteiger partial charge in [-0.1, -0.05) is 30.3 Å². The maximum absolute atomic E-state index is 12.7. The third-order valence-electron chi connectivity index (χ3n) is 4.11. The van der Waals surface area contributed by atoms with E-state index in [-0.39, 0.29) is 11.9 Å². The van der Waals surface area contributed by atoms with Crippen LogP contribution >= 0.6 is 0 Å². The van der Waals surface area contributed by atoms with E-state index in [1.807, 2.05) is 49.3 Å². The molecule has 0 radical (unpaired) electrons. The zero-order chi connectivity index (χ0) is 18.4. The summed E-state index contributed by atoms with van der Waals surface area (Å²) in [5.74, 6) is -0.828. The first-order valence-corrected chi connectivity index (χ1v) is 8.56. The summed E-state index contributed by atoms with van der Waals surface area (Å²) in [6.07, 6.45) is 0. The van der Waals surface area contributed by atoms with Gasteiger partial charge in [-0.3, -0.25) is 9.59 Å². The second kappa shape index (κ2) is 8.62. The average molecular weight is 342 g/mol. The molecule has 0 heterocycles. The third-order valence-corrected chi connectivity index (χ3v) is 4.11. The third kappa shape index (κ3) is 4.79. The number of hydrogen-bond acceptors (Lipinski definition) is 4. The molecule has 1 N–H and O–H groups in total. The van der Waals surface area contributed by atoms with Crippen LogP contribution < -0.4 is 5.32 Å². The van der Waals surface area contributed by atoms with E-state index in [1.165, 1.54) is 0 Å². The fourth-order valence-electron chi connectivity index (χ4n) is 2.66. The molecule has 0 saturated carbocycles. The summed E-state index contributed by atoms with van der Waals surface area (Å²) >= 11 is 0. The molecule has 0 aromatic heterocycles. The highest BCUT2D eigenvalue weighted by atomic mass is 16.5. The molecule has 0 saturated heterocycles. The Hall–Kier alpha value is -2.40. The molecule has 2 rings (SSSR count). The molecule has 2 aromatic rings. The largest absolute Gasteiger partial charge is 0.466 e. The molecule has 0 bridgehead atoms. The molecule has 5 heteroatoms. The summed E-state index contributed by atoms with van der Waals surface area (Å²) in [5.41, 5.74) is 1.37. The monoisotopic (exact) mass is 342 g/mol. The van der Waals surface area contributed by atoms with Gasteiger partial charge in [0.15, 0.2) is 0 Å². The van der Waals surface area contributed by atoms with E-state index in [9.17, 15) is 9.59 Å². The fourth-order valence-corrected chi connectivity index (χ4v) is 2.66. The van der Waals surface area contributed by atoms with E-state index < -0.39 is 5.92 Å². The number of hydrogen-bond donors (Lipinski definition) is 1.